The van der Waals surface area contributed by atoms with Crippen LogP contribution in [0.25, 0.3) is 10.9 Å². The third-order valence-corrected chi connectivity index (χ3v) is 4.52. The average Bonchev–Trinajstić information content (AvgIpc) is 2.83. The number of benzene rings is 2. The Bertz CT molecular complexity index is 890. The third kappa shape index (κ3) is 2.63. The largest absolute Gasteiger partial charge is 0.337 e. The molecule has 0 saturated heterocycles. The van der Waals surface area contributed by atoms with Gasteiger partial charge in [0.2, 0.25) is 0 Å². The van der Waals surface area contributed by atoms with Crippen LogP contribution in [0, 0.1) is 20.8 Å². The van der Waals surface area contributed by atoms with E-state index in [1.807, 2.05) is 37.3 Å². The maximum atomic E-state index is 12.8. The van der Waals surface area contributed by atoms with E-state index in [1.165, 1.54) is 11.1 Å². The van der Waals surface area contributed by atoms with E-state index in [-0.39, 0.29) is 5.91 Å². The maximum Gasteiger partial charge on any atom is 0.272 e. The molecule has 0 bridgehead atoms. The number of aryl methyl sites for hydroxylation is 4. The van der Waals surface area contributed by atoms with Crippen LogP contribution >= 0.6 is 0 Å². The van der Waals surface area contributed by atoms with Crippen LogP contribution in [-0.2, 0) is 6.54 Å². The third-order valence-electron chi connectivity index (χ3n) is 4.52. The molecular weight excluding hydrogens is 284 g/mol. The lowest BCUT2D eigenvalue weighted by Crippen LogP contribution is -2.18. The summed E-state index contributed by atoms with van der Waals surface area (Å²) in [7, 11) is 0. The summed E-state index contributed by atoms with van der Waals surface area (Å²) >= 11 is 0. The van der Waals surface area contributed by atoms with Gasteiger partial charge in [-0.25, -0.2) is 0 Å². The van der Waals surface area contributed by atoms with E-state index in [4.69, 9.17) is 0 Å². The van der Waals surface area contributed by atoms with Gasteiger partial charge in [0.25, 0.3) is 5.91 Å². The first-order valence-corrected chi connectivity index (χ1v) is 7.99. The molecule has 1 N–H and O–H groups in total. The van der Waals surface area contributed by atoms with Crippen molar-refractivity contribution < 1.29 is 4.79 Å². The second-order valence-electron chi connectivity index (χ2n) is 5.99. The van der Waals surface area contributed by atoms with E-state index in [0.29, 0.717) is 0 Å². The number of amides is 1. The van der Waals surface area contributed by atoms with Crippen molar-refractivity contribution in [1.82, 2.24) is 4.57 Å². The van der Waals surface area contributed by atoms with Crippen molar-refractivity contribution >= 4 is 22.5 Å². The second kappa shape index (κ2) is 5.92. The van der Waals surface area contributed by atoms with Gasteiger partial charge in [0.15, 0.2) is 0 Å². The van der Waals surface area contributed by atoms with Crippen molar-refractivity contribution in [3.05, 3.63) is 64.8 Å². The number of aromatic nitrogens is 1. The highest BCUT2D eigenvalue weighted by molar-refractivity contribution is 6.08. The van der Waals surface area contributed by atoms with E-state index in [0.717, 1.165) is 34.4 Å². The van der Waals surface area contributed by atoms with E-state index in [2.05, 4.69) is 42.8 Å². The zero-order valence-electron chi connectivity index (χ0n) is 14.1. The lowest BCUT2D eigenvalue weighted by atomic mass is 10.1. The molecule has 3 nitrogen and oxygen atoms in total. The molecule has 0 unspecified atom stereocenters. The van der Waals surface area contributed by atoms with Gasteiger partial charge in [-0.05, 0) is 62.6 Å². The van der Waals surface area contributed by atoms with Gasteiger partial charge >= 0.3 is 0 Å². The molecule has 0 atom stereocenters. The number of hydrogen-bond donors (Lipinski definition) is 1. The summed E-state index contributed by atoms with van der Waals surface area (Å²) in [6.07, 6.45) is 0. The summed E-state index contributed by atoms with van der Waals surface area (Å²) in [6.45, 7) is 8.98. The van der Waals surface area contributed by atoms with Crippen LogP contribution in [0.15, 0.2) is 42.5 Å². The Kier molecular flexibility index (Phi) is 3.95. The van der Waals surface area contributed by atoms with Crippen LogP contribution in [0.5, 0.6) is 0 Å². The van der Waals surface area contributed by atoms with Crippen molar-refractivity contribution in [1.29, 1.82) is 0 Å². The standard InChI is InChI=1S/C20H22N2O/c1-5-22-18-9-7-6-8-17(18)15(4)19(22)20(23)21-16-11-10-13(2)14(3)12-16/h6-12H,5H2,1-4H3,(H,21,23). The van der Waals surface area contributed by atoms with Crippen LogP contribution < -0.4 is 5.32 Å². The van der Waals surface area contributed by atoms with Gasteiger partial charge in [-0.1, -0.05) is 24.3 Å². The molecular formula is C20H22N2O. The number of rotatable bonds is 3. The summed E-state index contributed by atoms with van der Waals surface area (Å²) in [5.74, 6) is -0.0520. The predicted octanol–water partition coefficient (Wildman–Crippen LogP) is 4.84. The Labute approximate surface area is 136 Å². The molecule has 3 aromatic rings. The zero-order chi connectivity index (χ0) is 16.6. The molecule has 0 spiro atoms. The van der Waals surface area contributed by atoms with Gasteiger partial charge in [0.1, 0.15) is 5.69 Å². The molecule has 3 heteroatoms. The highest BCUT2D eigenvalue weighted by atomic mass is 16.2. The predicted molar refractivity (Wildman–Crippen MR) is 96.2 cm³/mol. The lowest BCUT2D eigenvalue weighted by Gasteiger charge is -2.11. The first kappa shape index (κ1) is 15.3. The topological polar surface area (TPSA) is 34.0 Å². The SMILES string of the molecule is CCn1c(C(=O)Nc2ccc(C)c(C)c2)c(C)c2ccccc21. The Morgan fingerprint density at radius 1 is 1.04 bits per heavy atom. The monoisotopic (exact) mass is 306 g/mol. The number of nitrogens with zero attached hydrogens (tertiary/aromatic N) is 1. The van der Waals surface area contributed by atoms with Gasteiger partial charge in [-0.3, -0.25) is 4.79 Å². The van der Waals surface area contributed by atoms with E-state index in [1.54, 1.807) is 0 Å². The van der Waals surface area contributed by atoms with E-state index >= 15 is 0 Å². The van der Waals surface area contributed by atoms with Crippen LogP contribution in [0.4, 0.5) is 5.69 Å². The molecule has 1 amide bonds. The lowest BCUT2D eigenvalue weighted by molar-refractivity contribution is 0.101. The van der Waals surface area contributed by atoms with Gasteiger partial charge in [-0.15, -0.1) is 0 Å². The van der Waals surface area contributed by atoms with Crippen LogP contribution in [-0.4, -0.2) is 10.5 Å². The van der Waals surface area contributed by atoms with Gasteiger partial charge < -0.3 is 9.88 Å². The quantitative estimate of drug-likeness (QED) is 0.738. The smallest absolute Gasteiger partial charge is 0.272 e. The molecule has 1 aromatic heterocycles. The van der Waals surface area contributed by atoms with Crippen LogP contribution in [0.3, 0.4) is 0 Å². The second-order valence-corrected chi connectivity index (χ2v) is 5.99. The highest BCUT2D eigenvalue weighted by Crippen LogP contribution is 2.26. The fourth-order valence-electron chi connectivity index (χ4n) is 3.11. The number of anilines is 1. The fourth-order valence-corrected chi connectivity index (χ4v) is 3.11. The van der Waals surface area contributed by atoms with Crippen LogP contribution in [0.1, 0.15) is 34.1 Å². The molecule has 0 aliphatic rings. The Balaban J connectivity index is 2.03. The molecule has 3 rings (SSSR count). The zero-order valence-corrected chi connectivity index (χ0v) is 14.1. The Morgan fingerprint density at radius 3 is 2.48 bits per heavy atom. The van der Waals surface area contributed by atoms with E-state index < -0.39 is 0 Å². The van der Waals surface area contributed by atoms with Crippen molar-refractivity contribution in [2.24, 2.45) is 0 Å². The maximum absolute atomic E-state index is 12.8. The number of hydrogen-bond acceptors (Lipinski definition) is 1. The summed E-state index contributed by atoms with van der Waals surface area (Å²) in [5.41, 5.74) is 6.12. The summed E-state index contributed by atoms with van der Waals surface area (Å²) in [4.78, 5) is 12.8. The average molecular weight is 306 g/mol. The minimum Gasteiger partial charge on any atom is -0.337 e. The molecule has 23 heavy (non-hydrogen) atoms. The number of nitrogens with one attached hydrogen (secondary N) is 1. The summed E-state index contributed by atoms with van der Waals surface area (Å²) in [6, 6.07) is 14.2. The first-order chi connectivity index (χ1) is 11.0. The van der Waals surface area contributed by atoms with Gasteiger partial charge in [0, 0.05) is 23.1 Å². The molecule has 2 aromatic carbocycles. The molecule has 0 fully saturated rings. The van der Waals surface area contributed by atoms with Crippen molar-refractivity contribution in [2.45, 2.75) is 34.2 Å². The molecule has 0 radical (unpaired) electrons. The minimum atomic E-state index is -0.0520. The number of para-hydroxylation sites is 1. The van der Waals surface area contributed by atoms with E-state index in [9.17, 15) is 4.79 Å². The van der Waals surface area contributed by atoms with Crippen molar-refractivity contribution in [2.75, 3.05) is 5.32 Å². The Hall–Kier alpha value is -2.55. The minimum absolute atomic E-state index is 0.0520. The normalized spacial score (nSPS) is 11.0. The molecule has 118 valence electrons. The molecule has 1 heterocycles. The molecule has 0 aliphatic heterocycles. The Morgan fingerprint density at radius 2 is 1.78 bits per heavy atom. The summed E-state index contributed by atoms with van der Waals surface area (Å²) in [5, 5.41) is 4.18. The van der Waals surface area contributed by atoms with Gasteiger partial charge in [0.05, 0.1) is 0 Å². The van der Waals surface area contributed by atoms with Crippen molar-refractivity contribution in [3.8, 4) is 0 Å². The number of fused-ring (bicyclic) bond motifs is 1. The van der Waals surface area contributed by atoms with Crippen molar-refractivity contribution in [3.63, 3.8) is 0 Å². The molecule has 0 saturated carbocycles. The first-order valence-electron chi connectivity index (χ1n) is 7.99. The molecule has 0 aliphatic carbocycles. The fraction of sp³-hybridized carbons (Fsp3) is 0.250. The number of carbonyl (C=O) groups excluding carboxylic acids is 1. The van der Waals surface area contributed by atoms with Crippen LogP contribution in [0.2, 0.25) is 0 Å². The highest BCUT2D eigenvalue weighted by Gasteiger charge is 2.19. The van der Waals surface area contributed by atoms with Gasteiger partial charge in [-0.2, -0.15) is 0 Å². The number of carbonyl (C=O) groups is 1. The summed E-state index contributed by atoms with van der Waals surface area (Å²) < 4.78 is 2.08.